The third kappa shape index (κ3) is 6.64. The molecular formula is C12H20N2O5. The quantitative estimate of drug-likeness (QED) is 0.521. The summed E-state index contributed by atoms with van der Waals surface area (Å²) in [6.45, 7) is 1.87. The van der Waals surface area contributed by atoms with Crippen LogP contribution in [0.25, 0.3) is 0 Å². The number of carbonyl (C=O) groups excluding carboxylic acids is 1. The minimum atomic E-state index is -1.23. The molecule has 0 aliphatic heterocycles. The molecule has 4 N–H and O–H groups in total. The first kappa shape index (κ1) is 15.3. The van der Waals surface area contributed by atoms with Gasteiger partial charge in [0.05, 0.1) is 0 Å². The number of carbonyl (C=O) groups is 3. The van der Waals surface area contributed by atoms with E-state index in [-0.39, 0.29) is 18.9 Å². The highest BCUT2D eigenvalue weighted by Crippen LogP contribution is 2.33. The molecule has 0 aromatic rings. The SMILES string of the molecule is CC(CC1CC1)NC(=O)N[C@@H](CCC(=O)O)C(=O)O. The molecule has 1 fully saturated rings. The molecule has 7 heteroatoms. The molecule has 19 heavy (non-hydrogen) atoms. The smallest absolute Gasteiger partial charge is 0.326 e. The van der Waals surface area contributed by atoms with Crippen molar-refractivity contribution in [2.45, 2.75) is 51.1 Å². The molecule has 1 aliphatic rings. The third-order valence-corrected chi connectivity index (χ3v) is 3.01. The molecule has 1 unspecified atom stereocenters. The van der Waals surface area contributed by atoms with Crippen LogP contribution in [-0.2, 0) is 9.59 Å². The lowest BCUT2D eigenvalue weighted by atomic mass is 10.1. The zero-order valence-electron chi connectivity index (χ0n) is 10.9. The molecule has 2 amide bonds. The van der Waals surface area contributed by atoms with Gasteiger partial charge in [0, 0.05) is 12.5 Å². The van der Waals surface area contributed by atoms with Crippen LogP contribution >= 0.6 is 0 Å². The number of carboxylic acid groups (broad SMARTS) is 2. The highest BCUT2D eigenvalue weighted by atomic mass is 16.4. The number of carboxylic acids is 2. The minimum Gasteiger partial charge on any atom is -0.481 e. The van der Waals surface area contributed by atoms with Gasteiger partial charge in [0.25, 0.3) is 0 Å². The van der Waals surface area contributed by atoms with Gasteiger partial charge in [0.1, 0.15) is 6.04 Å². The number of amides is 2. The van der Waals surface area contributed by atoms with Crippen molar-refractivity contribution in [2.24, 2.45) is 5.92 Å². The molecule has 108 valence electrons. The number of rotatable bonds is 8. The molecular weight excluding hydrogens is 252 g/mol. The Kier molecular flexibility index (Phi) is 5.59. The standard InChI is InChI=1S/C12H20N2O5/c1-7(6-8-2-3-8)13-12(19)14-9(11(17)18)4-5-10(15)16/h7-9H,2-6H2,1H3,(H,15,16)(H,17,18)(H2,13,14,19)/t7?,9-/m0/s1. The molecule has 0 radical (unpaired) electrons. The van der Waals surface area contributed by atoms with E-state index < -0.39 is 24.0 Å². The van der Waals surface area contributed by atoms with Crippen LogP contribution in [0.3, 0.4) is 0 Å². The molecule has 0 saturated heterocycles. The Balaban J connectivity index is 2.32. The summed E-state index contributed by atoms with van der Waals surface area (Å²) in [5.41, 5.74) is 0. The average molecular weight is 272 g/mol. The molecule has 1 aliphatic carbocycles. The van der Waals surface area contributed by atoms with Crippen LogP contribution in [0.4, 0.5) is 4.79 Å². The van der Waals surface area contributed by atoms with Crippen molar-refractivity contribution in [3.8, 4) is 0 Å². The van der Waals surface area contributed by atoms with E-state index in [9.17, 15) is 14.4 Å². The summed E-state index contributed by atoms with van der Waals surface area (Å²) in [6, 6.07) is -1.75. The van der Waals surface area contributed by atoms with Crippen LogP contribution in [0, 0.1) is 5.92 Å². The summed E-state index contributed by atoms with van der Waals surface area (Å²) < 4.78 is 0. The number of hydrogen-bond donors (Lipinski definition) is 4. The Bertz CT molecular complexity index is 354. The summed E-state index contributed by atoms with van der Waals surface area (Å²) in [7, 11) is 0. The van der Waals surface area contributed by atoms with Crippen LogP contribution in [-0.4, -0.2) is 40.3 Å². The van der Waals surface area contributed by atoms with E-state index in [0.717, 1.165) is 6.42 Å². The van der Waals surface area contributed by atoms with Gasteiger partial charge in [-0.3, -0.25) is 4.79 Å². The van der Waals surface area contributed by atoms with Crippen molar-refractivity contribution in [3.63, 3.8) is 0 Å². The van der Waals surface area contributed by atoms with Gasteiger partial charge in [-0.15, -0.1) is 0 Å². The predicted molar refractivity (Wildman–Crippen MR) is 66.8 cm³/mol. The predicted octanol–water partition coefficient (Wildman–Crippen LogP) is 0.792. The first-order chi connectivity index (χ1) is 8.88. The van der Waals surface area contributed by atoms with E-state index in [1.165, 1.54) is 12.8 Å². The molecule has 0 spiro atoms. The van der Waals surface area contributed by atoms with Crippen molar-refractivity contribution >= 4 is 18.0 Å². The van der Waals surface area contributed by atoms with Gasteiger partial charge in [0.2, 0.25) is 0 Å². The van der Waals surface area contributed by atoms with Gasteiger partial charge < -0.3 is 20.8 Å². The fourth-order valence-electron chi connectivity index (χ4n) is 1.86. The van der Waals surface area contributed by atoms with E-state index in [1.807, 2.05) is 6.92 Å². The highest BCUT2D eigenvalue weighted by Gasteiger charge is 2.25. The van der Waals surface area contributed by atoms with E-state index in [1.54, 1.807) is 0 Å². The number of aliphatic carboxylic acids is 2. The van der Waals surface area contributed by atoms with Crippen LogP contribution in [0.15, 0.2) is 0 Å². The maximum absolute atomic E-state index is 11.6. The Morgan fingerprint density at radius 3 is 2.32 bits per heavy atom. The summed E-state index contributed by atoms with van der Waals surface area (Å²) in [5.74, 6) is -1.65. The zero-order chi connectivity index (χ0) is 14.4. The summed E-state index contributed by atoms with van der Waals surface area (Å²) in [4.78, 5) is 32.9. The fraction of sp³-hybridized carbons (Fsp3) is 0.750. The molecule has 0 aromatic heterocycles. The van der Waals surface area contributed by atoms with Crippen LogP contribution in [0.5, 0.6) is 0 Å². The monoisotopic (exact) mass is 272 g/mol. The van der Waals surface area contributed by atoms with Gasteiger partial charge >= 0.3 is 18.0 Å². The molecule has 0 bridgehead atoms. The number of urea groups is 1. The summed E-state index contributed by atoms with van der Waals surface area (Å²) in [6.07, 6.45) is 2.83. The first-order valence-corrected chi connectivity index (χ1v) is 6.40. The highest BCUT2D eigenvalue weighted by molar-refractivity contribution is 5.83. The molecule has 1 saturated carbocycles. The van der Waals surface area contributed by atoms with Gasteiger partial charge in [-0.1, -0.05) is 12.8 Å². The Morgan fingerprint density at radius 1 is 1.21 bits per heavy atom. The van der Waals surface area contributed by atoms with Gasteiger partial charge in [-0.2, -0.15) is 0 Å². The van der Waals surface area contributed by atoms with E-state index in [0.29, 0.717) is 5.92 Å². The van der Waals surface area contributed by atoms with Crippen molar-refractivity contribution in [2.75, 3.05) is 0 Å². The lowest BCUT2D eigenvalue weighted by molar-refractivity contribution is -0.140. The van der Waals surface area contributed by atoms with E-state index >= 15 is 0 Å². The largest absolute Gasteiger partial charge is 0.481 e. The maximum Gasteiger partial charge on any atom is 0.326 e. The van der Waals surface area contributed by atoms with Crippen LogP contribution < -0.4 is 10.6 Å². The van der Waals surface area contributed by atoms with Crippen molar-refractivity contribution < 1.29 is 24.6 Å². The fourth-order valence-corrected chi connectivity index (χ4v) is 1.86. The van der Waals surface area contributed by atoms with Gasteiger partial charge in [0.15, 0.2) is 0 Å². The Morgan fingerprint density at radius 2 is 1.84 bits per heavy atom. The first-order valence-electron chi connectivity index (χ1n) is 6.40. The molecule has 0 heterocycles. The average Bonchev–Trinajstić information content (AvgIpc) is 3.06. The second-order valence-corrected chi connectivity index (χ2v) is 5.02. The third-order valence-electron chi connectivity index (χ3n) is 3.01. The lowest BCUT2D eigenvalue weighted by Crippen LogP contribution is -2.48. The molecule has 1 rings (SSSR count). The van der Waals surface area contributed by atoms with Crippen LogP contribution in [0.1, 0.15) is 39.0 Å². The second-order valence-electron chi connectivity index (χ2n) is 5.02. The maximum atomic E-state index is 11.6. The van der Waals surface area contributed by atoms with Gasteiger partial charge in [-0.25, -0.2) is 9.59 Å². The van der Waals surface area contributed by atoms with Crippen molar-refractivity contribution in [1.82, 2.24) is 10.6 Å². The Hall–Kier alpha value is -1.79. The second kappa shape index (κ2) is 6.96. The normalized spacial score (nSPS) is 17.3. The molecule has 2 atom stereocenters. The topological polar surface area (TPSA) is 116 Å². The molecule has 0 aromatic carbocycles. The molecule has 7 nitrogen and oxygen atoms in total. The zero-order valence-corrected chi connectivity index (χ0v) is 10.9. The summed E-state index contributed by atoms with van der Waals surface area (Å²) >= 11 is 0. The minimum absolute atomic E-state index is 0.0126. The number of nitrogens with one attached hydrogen (secondary N) is 2. The number of hydrogen-bond acceptors (Lipinski definition) is 3. The summed E-state index contributed by atoms with van der Waals surface area (Å²) in [5, 5.41) is 22.3. The van der Waals surface area contributed by atoms with Crippen molar-refractivity contribution in [1.29, 1.82) is 0 Å². The lowest BCUT2D eigenvalue weighted by Gasteiger charge is -2.17. The Labute approximate surface area is 111 Å². The van der Waals surface area contributed by atoms with Crippen LogP contribution in [0.2, 0.25) is 0 Å². The van der Waals surface area contributed by atoms with Crippen molar-refractivity contribution in [3.05, 3.63) is 0 Å². The van der Waals surface area contributed by atoms with Gasteiger partial charge in [-0.05, 0) is 25.7 Å². The van der Waals surface area contributed by atoms with E-state index in [2.05, 4.69) is 10.6 Å². The van der Waals surface area contributed by atoms with E-state index in [4.69, 9.17) is 10.2 Å².